The number of carbonyl (C=O) groups is 1. The molecule has 0 unspecified atom stereocenters. The number of benzene rings is 1. The van der Waals surface area contributed by atoms with Crippen LogP contribution in [-0.2, 0) is 6.54 Å². The minimum absolute atomic E-state index is 0.247. The standard InChI is InChI=1S/C13H16N2O5/c16-10-4-6-14(7-5-10)8-9-2-1-3-11(15(19)20)12(9)13(17)18/h1-3,10,16H,4-8H2,(H,17,18). The van der Waals surface area contributed by atoms with Crippen molar-refractivity contribution in [2.24, 2.45) is 0 Å². The van der Waals surface area contributed by atoms with Crippen molar-refractivity contribution in [2.45, 2.75) is 25.5 Å². The number of hydrogen-bond donors (Lipinski definition) is 2. The number of nitrogens with zero attached hydrogens (tertiary/aromatic N) is 2. The fraction of sp³-hybridized carbons (Fsp3) is 0.462. The average Bonchev–Trinajstić information content (AvgIpc) is 2.40. The molecule has 1 aliphatic rings. The highest BCUT2D eigenvalue weighted by Crippen LogP contribution is 2.24. The summed E-state index contributed by atoms with van der Waals surface area (Å²) in [6.07, 6.45) is 0.963. The third kappa shape index (κ3) is 3.12. The van der Waals surface area contributed by atoms with Gasteiger partial charge < -0.3 is 10.2 Å². The number of nitro groups is 1. The molecule has 1 heterocycles. The Balaban J connectivity index is 2.25. The first kappa shape index (κ1) is 14.4. The van der Waals surface area contributed by atoms with E-state index in [4.69, 9.17) is 0 Å². The number of rotatable bonds is 4. The SMILES string of the molecule is O=C(O)c1c(CN2CCC(O)CC2)cccc1[N+](=O)[O-]. The highest BCUT2D eigenvalue weighted by molar-refractivity contribution is 5.94. The van der Waals surface area contributed by atoms with E-state index >= 15 is 0 Å². The molecule has 0 atom stereocenters. The quantitative estimate of drug-likeness (QED) is 0.635. The van der Waals surface area contributed by atoms with Crippen molar-refractivity contribution < 1.29 is 19.9 Å². The fourth-order valence-electron chi connectivity index (χ4n) is 2.44. The maximum absolute atomic E-state index is 11.3. The average molecular weight is 280 g/mol. The second-order valence-corrected chi connectivity index (χ2v) is 4.88. The van der Waals surface area contributed by atoms with Crippen LogP contribution in [0.25, 0.3) is 0 Å². The predicted molar refractivity (Wildman–Crippen MR) is 70.6 cm³/mol. The lowest BCUT2D eigenvalue weighted by atomic mass is 10.0. The summed E-state index contributed by atoms with van der Waals surface area (Å²) in [4.78, 5) is 23.5. The van der Waals surface area contributed by atoms with Crippen molar-refractivity contribution in [1.82, 2.24) is 4.90 Å². The molecule has 0 aliphatic carbocycles. The van der Waals surface area contributed by atoms with Crippen molar-refractivity contribution in [3.63, 3.8) is 0 Å². The number of aliphatic hydroxyl groups is 1. The molecule has 0 spiro atoms. The van der Waals surface area contributed by atoms with E-state index in [1.54, 1.807) is 6.07 Å². The highest BCUT2D eigenvalue weighted by Gasteiger charge is 2.25. The minimum Gasteiger partial charge on any atom is -0.477 e. The summed E-state index contributed by atoms with van der Waals surface area (Å²) in [5, 5.41) is 29.6. The molecule has 0 bridgehead atoms. The lowest BCUT2D eigenvalue weighted by molar-refractivity contribution is -0.385. The van der Waals surface area contributed by atoms with Gasteiger partial charge in [-0.3, -0.25) is 15.0 Å². The second kappa shape index (κ2) is 5.98. The first-order valence-corrected chi connectivity index (χ1v) is 6.39. The van der Waals surface area contributed by atoms with Crippen molar-refractivity contribution in [3.05, 3.63) is 39.4 Å². The molecule has 0 aromatic heterocycles. The summed E-state index contributed by atoms with van der Waals surface area (Å²) in [5.74, 6) is -1.29. The number of likely N-dealkylation sites (tertiary alicyclic amines) is 1. The molecule has 1 aromatic carbocycles. The van der Waals surface area contributed by atoms with E-state index < -0.39 is 10.9 Å². The van der Waals surface area contributed by atoms with Crippen LogP contribution < -0.4 is 0 Å². The number of carboxylic acid groups (broad SMARTS) is 1. The number of hydrogen-bond acceptors (Lipinski definition) is 5. The maximum Gasteiger partial charge on any atom is 0.343 e. The van der Waals surface area contributed by atoms with E-state index in [1.165, 1.54) is 12.1 Å². The summed E-state index contributed by atoms with van der Waals surface area (Å²) in [6.45, 7) is 1.65. The van der Waals surface area contributed by atoms with E-state index in [0.717, 1.165) is 0 Å². The topological polar surface area (TPSA) is 104 Å². The van der Waals surface area contributed by atoms with Crippen LogP contribution in [0.1, 0.15) is 28.8 Å². The van der Waals surface area contributed by atoms with Gasteiger partial charge in [-0.2, -0.15) is 0 Å². The molecule has 7 heteroatoms. The number of aliphatic hydroxyl groups excluding tert-OH is 1. The molecule has 2 N–H and O–H groups in total. The molecule has 1 saturated heterocycles. The van der Waals surface area contributed by atoms with Gasteiger partial charge in [0.2, 0.25) is 0 Å². The minimum atomic E-state index is -1.29. The van der Waals surface area contributed by atoms with E-state index in [2.05, 4.69) is 0 Å². The number of nitro benzene ring substituents is 1. The summed E-state index contributed by atoms with van der Waals surface area (Å²) in [7, 11) is 0. The highest BCUT2D eigenvalue weighted by atomic mass is 16.6. The summed E-state index contributed by atoms with van der Waals surface area (Å²) < 4.78 is 0. The largest absolute Gasteiger partial charge is 0.477 e. The van der Waals surface area contributed by atoms with Crippen LogP contribution in [0.2, 0.25) is 0 Å². The van der Waals surface area contributed by atoms with E-state index in [9.17, 15) is 25.1 Å². The van der Waals surface area contributed by atoms with Crippen LogP contribution in [0.3, 0.4) is 0 Å². The van der Waals surface area contributed by atoms with E-state index in [-0.39, 0.29) is 17.4 Å². The van der Waals surface area contributed by atoms with Crippen LogP contribution in [0.4, 0.5) is 5.69 Å². The van der Waals surface area contributed by atoms with Gasteiger partial charge in [-0.05, 0) is 18.4 Å². The first-order chi connectivity index (χ1) is 9.49. The Kier molecular flexibility index (Phi) is 4.31. The lowest BCUT2D eigenvalue weighted by Gasteiger charge is -2.29. The van der Waals surface area contributed by atoms with Crippen LogP contribution in [0.15, 0.2) is 18.2 Å². The van der Waals surface area contributed by atoms with Gasteiger partial charge in [0.15, 0.2) is 0 Å². The Bertz CT molecular complexity index is 523. The molecular weight excluding hydrogens is 264 g/mol. The van der Waals surface area contributed by atoms with Crippen molar-refractivity contribution in [3.8, 4) is 0 Å². The summed E-state index contributed by atoms with van der Waals surface area (Å²) in [5.41, 5.74) is -0.196. The monoisotopic (exact) mass is 280 g/mol. The lowest BCUT2D eigenvalue weighted by Crippen LogP contribution is -2.35. The zero-order chi connectivity index (χ0) is 14.7. The molecule has 7 nitrogen and oxygen atoms in total. The Morgan fingerprint density at radius 1 is 1.40 bits per heavy atom. The Morgan fingerprint density at radius 2 is 2.05 bits per heavy atom. The molecular formula is C13H16N2O5. The molecule has 1 aliphatic heterocycles. The predicted octanol–water partition coefficient (Wildman–Crippen LogP) is 1.25. The normalized spacial score (nSPS) is 17.1. The Morgan fingerprint density at radius 3 is 2.60 bits per heavy atom. The van der Waals surface area contributed by atoms with Crippen LogP contribution in [-0.4, -0.2) is 45.2 Å². The number of aromatic carboxylic acids is 1. The van der Waals surface area contributed by atoms with Crippen LogP contribution >= 0.6 is 0 Å². The summed E-state index contributed by atoms with van der Waals surface area (Å²) >= 11 is 0. The summed E-state index contributed by atoms with van der Waals surface area (Å²) in [6, 6.07) is 4.30. The Labute approximate surface area is 115 Å². The van der Waals surface area contributed by atoms with Gasteiger partial charge in [-0.25, -0.2) is 4.79 Å². The molecule has 108 valence electrons. The third-order valence-electron chi connectivity index (χ3n) is 3.49. The fourth-order valence-corrected chi connectivity index (χ4v) is 2.44. The van der Waals surface area contributed by atoms with Gasteiger partial charge in [-0.1, -0.05) is 12.1 Å². The van der Waals surface area contributed by atoms with Gasteiger partial charge in [-0.15, -0.1) is 0 Å². The zero-order valence-corrected chi connectivity index (χ0v) is 10.9. The number of carboxylic acids is 1. The molecule has 0 amide bonds. The first-order valence-electron chi connectivity index (χ1n) is 6.39. The molecule has 0 radical (unpaired) electrons. The van der Waals surface area contributed by atoms with Crippen molar-refractivity contribution in [2.75, 3.05) is 13.1 Å². The Hall–Kier alpha value is -1.99. The third-order valence-corrected chi connectivity index (χ3v) is 3.49. The molecule has 0 saturated carbocycles. The van der Waals surface area contributed by atoms with Gasteiger partial charge in [0, 0.05) is 25.7 Å². The van der Waals surface area contributed by atoms with E-state index in [1.807, 2.05) is 4.90 Å². The van der Waals surface area contributed by atoms with Gasteiger partial charge in [0.1, 0.15) is 5.56 Å². The van der Waals surface area contributed by atoms with Crippen LogP contribution in [0, 0.1) is 10.1 Å². The van der Waals surface area contributed by atoms with Gasteiger partial charge in [0.05, 0.1) is 11.0 Å². The number of piperidine rings is 1. The van der Waals surface area contributed by atoms with Gasteiger partial charge >= 0.3 is 5.97 Å². The molecule has 1 aromatic rings. The van der Waals surface area contributed by atoms with E-state index in [0.29, 0.717) is 38.0 Å². The molecule has 20 heavy (non-hydrogen) atoms. The molecule has 1 fully saturated rings. The zero-order valence-electron chi connectivity index (χ0n) is 10.9. The van der Waals surface area contributed by atoms with Crippen LogP contribution in [0.5, 0.6) is 0 Å². The van der Waals surface area contributed by atoms with Crippen molar-refractivity contribution in [1.29, 1.82) is 0 Å². The second-order valence-electron chi connectivity index (χ2n) is 4.88. The van der Waals surface area contributed by atoms with Gasteiger partial charge in [0.25, 0.3) is 5.69 Å². The maximum atomic E-state index is 11.3. The smallest absolute Gasteiger partial charge is 0.343 e. The molecule has 2 rings (SSSR count). The van der Waals surface area contributed by atoms with Crippen molar-refractivity contribution >= 4 is 11.7 Å².